The quantitative estimate of drug-likeness (QED) is 0.681. The first-order valence-corrected chi connectivity index (χ1v) is 5.16. The molecule has 0 atom stereocenters. The van der Waals surface area contributed by atoms with E-state index in [1.54, 1.807) is 0 Å². The fourth-order valence-electron chi connectivity index (χ4n) is 1.72. The number of ether oxygens (including phenoxy) is 2. The third-order valence-electron chi connectivity index (χ3n) is 2.50. The average Bonchev–Trinajstić information content (AvgIpc) is 2.72. The fraction of sp³-hybridized carbons (Fsp3) is 0.500. The molecule has 0 bridgehead atoms. The number of benzene rings is 1. The van der Waals surface area contributed by atoms with Crippen LogP contribution >= 0.6 is 0 Å². The van der Waals surface area contributed by atoms with E-state index in [9.17, 15) is 0 Å². The van der Waals surface area contributed by atoms with Gasteiger partial charge in [0.25, 0.3) is 0 Å². The maximum absolute atomic E-state index is 5.56. The van der Waals surface area contributed by atoms with Crippen LogP contribution < -0.4 is 4.74 Å². The SMILES string of the molecule is [c]1ccccc1OCOC1CCCC1. The molecule has 0 heterocycles. The molecule has 1 saturated carbocycles. The standard InChI is InChI=1S/C12H15O2/c1-2-6-11(7-3-1)13-10-14-12-8-4-5-9-12/h1-3,6,12H,4-5,8-10H2. The van der Waals surface area contributed by atoms with Crippen molar-refractivity contribution in [3.05, 3.63) is 30.3 Å². The van der Waals surface area contributed by atoms with Crippen LogP contribution in [-0.2, 0) is 4.74 Å². The first-order valence-electron chi connectivity index (χ1n) is 5.16. The molecular formula is C12H15O2. The van der Waals surface area contributed by atoms with E-state index in [4.69, 9.17) is 9.47 Å². The molecule has 1 fully saturated rings. The topological polar surface area (TPSA) is 18.5 Å². The first-order chi connectivity index (χ1) is 6.95. The van der Waals surface area contributed by atoms with Gasteiger partial charge in [-0.3, -0.25) is 0 Å². The zero-order chi connectivity index (χ0) is 9.64. The minimum atomic E-state index is 0.352. The monoisotopic (exact) mass is 191 g/mol. The Morgan fingerprint density at radius 2 is 2.14 bits per heavy atom. The van der Waals surface area contributed by atoms with Gasteiger partial charge in [0, 0.05) is 6.07 Å². The highest BCUT2D eigenvalue weighted by atomic mass is 16.7. The molecule has 2 heteroatoms. The molecule has 1 radical (unpaired) electrons. The van der Waals surface area contributed by atoms with Crippen LogP contribution in [0.1, 0.15) is 25.7 Å². The van der Waals surface area contributed by atoms with Crippen LogP contribution in [0, 0.1) is 6.07 Å². The van der Waals surface area contributed by atoms with Crippen LogP contribution in [-0.4, -0.2) is 12.9 Å². The van der Waals surface area contributed by atoms with Crippen molar-refractivity contribution in [2.24, 2.45) is 0 Å². The molecule has 0 amide bonds. The molecule has 1 aromatic carbocycles. The second kappa shape index (κ2) is 5.01. The van der Waals surface area contributed by atoms with Gasteiger partial charge in [-0.05, 0) is 18.9 Å². The number of para-hydroxylation sites is 1. The van der Waals surface area contributed by atoms with E-state index in [0.29, 0.717) is 12.9 Å². The minimum Gasteiger partial charge on any atom is -0.467 e. The zero-order valence-electron chi connectivity index (χ0n) is 8.24. The molecule has 14 heavy (non-hydrogen) atoms. The molecule has 1 aliphatic rings. The van der Waals surface area contributed by atoms with Crippen molar-refractivity contribution in [1.29, 1.82) is 0 Å². The Labute approximate surface area is 84.8 Å². The molecule has 2 rings (SSSR count). The van der Waals surface area contributed by atoms with E-state index in [1.807, 2.05) is 24.3 Å². The zero-order valence-corrected chi connectivity index (χ0v) is 8.24. The van der Waals surface area contributed by atoms with Gasteiger partial charge >= 0.3 is 0 Å². The molecule has 0 spiro atoms. The predicted octanol–water partition coefficient (Wildman–Crippen LogP) is 2.78. The van der Waals surface area contributed by atoms with Crippen LogP contribution in [0.5, 0.6) is 5.75 Å². The predicted molar refractivity (Wildman–Crippen MR) is 54.1 cm³/mol. The molecule has 2 nitrogen and oxygen atoms in total. The van der Waals surface area contributed by atoms with Crippen molar-refractivity contribution in [3.8, 4) is 5.75 Å². The Balaban J connectivity index is 1.67. The first kappa shape index (κ1) is 9.53. The van der Waals surface area contributed by atoms with E-state index >= 15 is 0 Å². The van der Waals surface area contributed by atoms with E-state index in [-0.39, 0.29) is 0 Å². The molecule has 0 aromatic heterocycles. The largest absolute Gasteiger partial charge is 0.467 e. The van der Waals surface area contributed by atoms with Crippen molar-refractivity contribution >= 4 is 0 Å². The second-order valence-corrected chi connectivity index (χ2v) is 3.56. The van der Waals surface area contributed by atoms with Gasteiger partial charge in [0.05, 0.1) is 6.10 Å². The Hall–Kier alpha value is -1.02. The summed E-state index contributed by atoms with van der Waals surface area (Å²) in [5.74, 6) is 0.755. The van der Waals surface area contributed by atoms with Gasteiger partial charge in [-0.1, -0.05) is 31.0 Å². The van der Waals surface area contributed by atoms with Gasteiger partial charge in [-0.15, -0.1) is 0 Å². The van der Waals surface area contributed by atoms with E-state index in [1.165, 1.54) is 25.7 Å². The summed E-state index contributed by atoms with van der Waals surface area (Å²) in [5, 5.41) is 0. The highest BCUT2D eigenvalue weighted by Gasteiger charge is 2.14. The Bertz CT molecular complexity index is 252. The van der Waals surface area contributed by atoms with Crippen LogP contribution in [0.3, 0.4) is 0 Å². The molecule has 0 saturated heterocycles. The summed E-state index contributed by atoms with van der Waals surface area (Å²) >= 11 is 0. The lowest BCUT2D eigenvalue weighted by Gasteiger charge is -2.11. The lowest BCUT2D eigenvalue weighted by molar-refractivity contribution is -0.0326. The molecule has 0 N–H and O–H groups in total. The van der Waals surface area contributed by atoms with E-state index in [0.717, 1.165) is 5.75 Å². The minimum absolute atomic E-state index is 0.352. The molecular weight excluding hydrogens is 176 g/mol. The van der Waals surface area contributed by atoms with Gasteiger partial charge in [0.1, 0.15) is 5.75 Å². The Kier molecular flexibility index (Phi) is 3.41. The maximum atomic E-state index is 5.56. The second-order valence-electron chi connectivity index (χ2n) is 3.56. The fourth-order valence-corrected chi connectivity index (χ4v) is 1.72. The summed E-state index contributed by atoms with van der Waals surface area (Å²) < 4.78 is 11.0. The van der Waals surface area contributed by atoms with Gasteiger partial charge in [0.15, 0.2) is 6.79 Å². The van der Waals surface area contributed by atoms with Crippen LogP contribution in [0.4, 0.5) is 0 Å². The normalized spacial score (nSPS) is 17.1. The van der Waals surface area contributed by atoms with Crippen LogP contribution in [0.15, 0.2) is 24.3 Å². The number of hydrogen-bond acceptors (Lipinski definition) is 2. The Morgan fingerprint density at radius 1 is 1.29 bits per heavy atom. The van der Waals surface area contributed by atoms with Crippen molar-refractivity contribution in [2.75, 3.05) is 6.79 Å². The van der Waals surface area contributed by atoms with Gasteiger partial charge < -0.3 is 9.47 Å². The maximum Gasteiger partial charge on any atom is 0.189 e. The van der Waals surface area contributed by atoms with Crippen molar-refractivity contribution in [1.82, 2.24) is 0 Å². The smallest absolute Gasteiger partial charge is 0.189 e. The highest BCUT2D eigenvalue weighted by molar-refractivity contribution is 5.18. The lowest BCUT2D eigenvalue weighted by Crippen LogP contribution is -2.12. The average molecular weight is 191 g/mol. The molecule has 0 aliphatic heterocycles. The molecule has 75 valence electrons. The summed E-state index contributed by atoms with van der Waals surface area (Å²) in [6, 6.07) is 10.6. The van der Waals surface area contributed by atoms with Gasteiger partial charge in [0.2, 0.25) is 0 Å². The molecule has 1 aliphatic carbocycles. The summed E-state index contributed by atoms with van der Waals surface area (Å²) in [4.78, 5) is 0. The van der Waals surface area contributed by atoms with E-state index < -0.39 is 0 Å². The van der Waals surface area contributed by atoms with Gasteiger partial charge in [-0.2, -0.15) is 0 Å². The lowest BCUT2D eigenvalue weighted by atomic mass is 10.3. The van der Waals surface area contributed by atoms with Crippen molar-refractivity contribution < 1.29 is 9.47 Å². The van der Waals surface area contributed by atoms with Crippen LogP contribution in [0.2, 0.25) is 0 Å². The summed E-state index contributed by atoms with van der Waals surface area (Å²) in [5.41, 5.74) is 0. The van der Waals surface area contributed by atoms with Crippen LogP contribution in [0.25, 0.3) is 0 Å². The number of rotatable bonds is 4. The molecule has 1 aromatic rings. The van der Waals surface area contributed by atoms with Gasteiger partial charge in [-0.25, -0.2) is 0 Å². The number of hydrogen-bond donors (Lipinski definition) is 0. The van der Waals surface area contributed by atoms with E-state index in [2.05, 4.69) is 6.07 Å². The third kappa shape index (κ3) is 2.74. The van der Waals surface area contributed by atoms with Crippen molar-refractivity contribution in [2.45, 2.75) is 31.8 Å². The highest BCUT2D eigenvalue weighted by Crippen LogP contribution is 2.21. The molecule has 0 unspecified atom stereocenters. The summed E-state index contributed by atoms with van der Waals surface area (Å²) in [7, 11) is 0. The summed E-state index contributed by atoms with van der Waals surface area (Å²) in [6.07, 6.45) is 5.37. The summed E-state index contributed by atoms with van der Waals surface area (Å²) in [6.45, 7) is 0.352. The Morgan fingerprint density at radius 3 is 2.86 bits per heavy atom. The van der Waals surface area contributed by atoms with Crippen molar-refractivity contribution in [3.63, 3.8) is 0 Å². The third-order valence-corrected chi connectivity index (χ3v) is 2.50.